The van der Waals surface area contributed by atoms with Crippen LogP contribution in [0.3, 0.4) is 0 Å². The summed E-state index contributed by atoms with van der Waals surface area (Å²) >= 11 is 0. The lowest BCUT2D eigenvalue weighted by Crippen LogP contribution is -2.60. The van der Waals surface area contributed by atoms with E-state index < -0.39 is 15.6 Å². The van der Waals surface area contributed by atoms with E-state index in [1.165, 1.54) is 11.1 Å². The molecule has 2 fully saturated rings. The number of hydrogen-bond acceptors (Lipinski definition) is 4. The number of aryl methyl sites for hydroxylation is 1. The quantitative estimate of drug-likeness (QED) is 0.708. The molecule has 1 N–H and O–H groups in total. The van der Waals surface area contributed by atoms with Gasteiger partial charge in [0.15, 0.2) is 0 Å². The Balaban J connectivity index is 1.32. The minimum Gasteiger partial charge on any atom is -0.339 e. The second-order valence-corrected chi connectivity index (χ2v) is 11.9. The van der Waals surface area contributed by atoms with Crippen LogP contribution in [-0.2, 0) is 27.8 Å². The number of carbonyl (C=O) groups excluding carboxylic acids is 1. The fourth-order valence-electron chi connectivity index (χ4n) is 5.97. The Labute approximate surface area is 203 Å². The normalized spacial score (nSPS) is 23.0. The number of carbonyl (C=O) groups is 1. The van der Waals surface area contributed by atoms with Gasteiger partial charge in [-0.15, -0.1) is 0 Å². The molecule has 1 atom stereocenters. The maximum absolute atomic E-state index is 13.9. The second-order valence-electron chi connectivity index (χ2n) is 10.2. The highest BCUT2D eigenvalue weighted by atomic mass is 32.2. The Hall–Kier alpha value is -2.22. The van der Waals surface area contributed by atoms with Gasteiger partial charge in [-0.1, -0.05) is 55.7 Å². The summed E-state index contributed by atoms with van der Waals surface area (Å²) < 4.78 is 29.5. The molecule has 1 saturated heterocycles. The lowest BCUT2D eigenvalue weighted by atomic mass is 9.81. The van der Waals surface area contributed by atoms with Crippen LogP contribution in [0.5, 0.6) is 0 Å². The van der Waals surface area contributed by atoms with Gasteiger partial charge in [0.05, 0.1) is 4.90 Å². The maximum atomic E-state index is 13.9. The molecule has 1 unspecified atom stereocenters. The number of nitrogens with one attached hydrogen (secondary N) is 1. The smallest absolute Gasteiger partial charge is 0.243 e. The van der Waals surface area contributed by atoms with E-state index in [0.29, 0.717) is 32.0 Å². The van der Waals surface area contributed by atoms with Crippen molar-refractivity contribution in [1.82, 2.24) is 14.5 Å². The largest absolute Gasteiger partial charge is 0.339 e. The zero-order valence-corrected chi connectivity index (χ0v) is 20.8. The molecule has 2 heterocycles. The first-order valence-corrected chi connectivity index (χ1v) is 14.1. The molecule has 0 radical (unpaired) electrons. The van der Waals surface area contributed by atoms with Crippen molar-refractivity contribution in [3.63, 3.8) is 0 Å². The number of nitrogens with zero attached hydrogens (tertiary/aromatic N) is 2. The number of benzene rings is 2. The zero-order valence-electron chi connectivity index (χ0n) is 20.0. The summed E-state index contributed by atoms with van der Waals surface area (Å²) in [5.74, 6) is -0.0386. The van der Waals surface area contributed by atoms with E-state index in [0.717, 1.165) is 50.8 Å². The Morgan fingerprint density at radius 1 is 1.00 bits per heavy atom. The highest BCUT2D eigenvalue weighted by Gasteiger charge is 2.47. The fraction of sp³-hybridized carbons (Fsp3) is 0.519. The van der Waals surface area contributed by atoms with Crippen LogP contribution in [-0.4, -0.2) is 55.3 Å². The zero-order chi connectivity index (χ0) is 23.8. The van der Waals surface area contributed by atoms with Gasteiger partial charge < -0.3 is 4.90 Å². The molecule has 182 valence electrons. The predicted molar refractivity (Wildman–Crippen MR) is 133 cm³/mol. The molecule has 2 aromatic rings. The van der Waals surface area contributed by atoms with Crippen molar-refractivity contribution in [2.45, 2.75) is 74.9 Å². The molecule has 0 spiro atoms. The van der Waals surface area contributed by atoms with Gasteiger partial charge in [0.2, 0.25) is 15.9 Å². The lowest BCUT2D eigenvalue weighted by molar-refractivity contribution is -0.138. The molecule has 1 aliphatic carbocycles. The Morgan fingerprint density at radius 2 is 1.76 bits per heavy atom. The van der Waals surface area contributed by atoms with Gasteiger partial charge in [0.25, 0.3) is 0 Å². The molecular formula is C27H35N3O3S. The van der Waals surface area contributed by atoms with Crippen LogP contribution in [0.2, 0.25) is 0 Å². The average Bonchev–Trinajstić information content (AvgIpc) is 3.34. The minimum atomic E-state index is -3.79. The van der Waals surface area contributed by atoms with Gasteiger partial charge in [-0.3, -0.25) is 9.69 Å². The minimum absolute atomic E-state index is 0.0386. The molecule has 6 nitrogen and oxygen atoms in total. The first-order chi connectivity index (χ1) is 16.4. The summed E-state index contributed by atoms with van der Waals surface area (Å²) in [5.41, 5.74) is 2.66. The Kier molecular flexibility index (Phi) is 6.53. The highest BCUT2D eigenvalue weighted by molar-refractivity contribution is 7.89. The number of fused-ring (bicyclic) bond motifs is 1. The highest BCUT2D eigenvalue weighted by Crippen LogP contribution is 2.34. The van der Waals surface area contributed by atoms with E-state index >= 15 is 0 Å². The number of likely N-dealkylation sites (tertiary alicyclic amines) is 1. The fourth-order valence-corrected chi connectivity index (χ4v) is 7.49. The van der Waals surface area contributed by atoms with Crippen LogP contribution in [0, 0.1) is 6.92 Å². The van der Waals surface area contributed by atoms with Crippen LogP contribution in [0.1, 0.15) is 55.2 Å². The van der Waals surface area contributed by atoms with Crippen LogP contribution in [0.4, 0.5) is 0 Å². The van der Waals surface area contributed by atoms with Crippen LogP contribution < -0.4 is 4.72 Å². The summed E-state index contributed by atoms with van der Waals surface area (Å²) in [6, 6.07) is 15.9. The van der Waals surface area contributed by atoms with Crippen molar-refractivity contribution in [3.05, 3.63) is 65.2 Å². The van der Waals surface area contributed by atoms with E-state index in [1.807, 2.05) is 17.9 Å². The first kappa shape index (κ1) is 23.5. The lowest BCUT2D eigenvalue weighted by Gasteiger charge is -2.39. The topological polar surface area (TPSA) is 69.7 Å². The van der Waals surface area contributed by atoms with E-state index in [2.05, 4.69) is 33.9 Å². The van der Waals surface area contributed by atoms with Gasteiger partial charge in [0, 0.05) is 32.2 Å². The molecule has 5 rings (SSSR count). The first-order valence-electron chi connectivity index (χ1n) is 12.6. The van der Waals surface area contributed by atoms with E-state index in [1.54, 1.807) is 18.2 Å². The summed E-state index contributed by atoms with van der Waals surface area (Å²) in [5, 5.41) is 0. The van der Waals surface area contributed by atoms with Crippen molar-refractivity contribution in [1.29, 1.82) is 0 Å². The molecule has 1 amide bonds. The Bertz CT molecular complexity index is 1160. The molecule has 0 aromatic heterocycles. The van der Waals surface area contributed by atoms with Crippen molar-refractivity contribution in [3.8, 4) is 0 Å². The molecular weight excluding hydrogens is 446 g/mol. The van der Waals surface area contributed by atoms with E-state index in [4.69, 9.17) is 0 Å². The third-order valence-electron chi connectivity index (χ3n) is 7.87. The van der Waals surface area contributed by atoms with Gasteiger partial charge in [-0.2, -0.15) is 4.72 Å². The van der Waals surface area contributed by atoms with E-state index in [9.17, 15) is 13.2 Å². The summed E-state index contributed by atoms with van der Waals surface area (Å²) in [6.07, 6.45) is 5.88. The van der Waals surface area contributed by atoms with Gasteiger partial charge in [-0.25, -0.2) is 8.42 Å². The predicted octanol–water partition coefficient (Wildman–Crippen LogP) is 3.64. The maximum Gasteiger partial charge on any atom is 0.243 e. The van der Waals surface area contributed by atoms with Gasteiger partial charge >= 0.3 is 0 Å². The van der Waals surface area contributed by atoms with Crippen molar-refractivity contribution >= 4 is 15.9 Å². The molecule has 0 bridgehead atoms. The SMILES string of the molecule is Cc1cccc(S(=O)(=O)NC2(C(=O)N3CCC(N4CCc5ccccc5C4)C3)CCCCC2)c1. The molecule has 7 heteroatoms. The number of rotatable bonds is 5. The number of sulfonamides is 1. The third-order valence-corrected chi connectivity index (χ3v) is 9.41. The van der Waals surface area contributed by atoms with Crippen LogP contribution in [0.15, 0.2) is 53.4 Å². The Morgan fingerprint density at radius 3 is 2.53 bits per heavy atom. The molecule has 2 aliphatic heterocycles. The molecule has 1 saturated carbocycles. The van der Waals surface area contributed by atoms with Crippen LogP contribution in [0.25, 0.3) is 0 Å². The van der Waals surface area contributed by atoms with Crippen molar-refractivity contribution < 1.29 is 13.2 Å². The number of hydrogen-bond donors (Lipinski definition) is 1. The number of amides is 1. The van der Waals surface area contributed by atoms with Crippen molar-refractivity contribution in [2.24, 2.45) is 0 Å². The van der Waals surface area contributed by atoms with Gasteiger partial charge in [0.1, 0.15) is 5.54 Å². The van der Waals surface area contributed by atoms with Crippen LogP contribution >= 0.6 is 0 Å². The summed E-state index contributed by atoms with van der Waals surface area (Å²) in [4.78, 5) is 18.6. The monoisotopic (exact) mass is 481 g/mol. The summed E-state index contributed by atoms with van der Waals surface area (Å²) in [6.45, 7) is 5.18. The third kappa shape index (κ3) is 4.66. The average molecular weight is 482 g/mol. The van der Waals surface area contributed by atoms with Crippen molar-refractivity contribution in [2.75, 3.05) is 19.6 Å². The second kappa shape index (κ2) is 9.44. The molecule has 2 aromatic carbocycles. The van der Waals surface area contributed by atoms with E-state index in [-0.39, 0.29) is 10.8 Å². The molecule has 3 aliphatic rings. The standard InChI is InChI=1S/C27H35N3O3S/c1-21-8-7-11-25(18-21)34(32,33)28-27(14-5-2-6-15-27)26(31)30-17-13-24(20-30)29-16-12-22-9-3-4-10-23(22)19-29/h3-4,7-11,18,24,28H,2,5-6,12-17,19-20H2,1H3. The van der Waals surface area contributed by atoms with Gasteiger partial charge in [-0.05, 0) is 61.4 Å². The molecule has 34 heavy (non-hydrogen) atoms. The summed E-state index contributed by atoms with van der Waals surface area (Å²) in [7, 11) is -3.79.